The van der Waals surface area contributed by atoms with Gasteiger partial charge in [0, 0.05) is 19.7 Å². The Morgan fingerprint density at radius 3 is 2.75 bits per heavy atom. The number of aliphatic hydroxyl groups is 1. The molecule has 0 fully saturated rings. The zero-order chi connectivity index (χ0) is 14.8. The van der Waals surface area contributed by atoms with E-state index in [9.17, 15) is 10.1 Å². The highest BCUT2D eigenvalue weighted by Gasteiger charge is 2.16. The third-order valence-corrected chi connectivity index (χ3v) is 2.63. The van der Waals surface area contributed by atoms with Crippen molar-refractivity contribution in [1.82, 2.24) is 9.97 Å². The summed E-state index contributed by atoms with van der Waals surface area (Å²) in [4.78, 5) is 18.5. The van der Waals surface area contributed by atoms with Crippen LogP contribution in [0.15, 0.2) is 6.20 Å². The van der Waals surface area contributed by atoms with Crippen molar-refractivity contribution in [2.45, 2.75) is 32.6 Å². The van der Waals surface area contributed by atoms with Crippen LogP contribution in [0.5, 0.6) is 0 Å². The van der Waals surface area contributed by atoms with Crippen molar-refractivity contribution in [2.24, 2.45) is 0 Å². The number of anilines is 2. The van der Waals surface area contributed by atoms with E-state index in [0.29, 0.717) is 19.0 Å². The lowest BCUT2D eigenvalue weighted by Crippen LogP contribution is -2.10. The van der Waals surface area contributed by atoms with Crippen LogP contribution in [0.4, 0.5) is 17.5 Å². The summed E-state index contributed by atoms with van der Waals surface area (Å²) < 4.78 is 0. The first-order valence-electron chi connectivity index (χ1n) is 6.79. The number of aliphatic hydroxyl groups excluding tert-OH is 1. The van der Waals surface area contributed by atoms with Crippen molar-refractivity contribution >= 4 is 17.5 Å². The maximum atomic E-state index is 10.9. The minimum atomic E-state index is -0.500. The number of aromatic nitrogens is 2. The molecule has 8 nitrogen and oxygen atoms in total. The summed E-state index contributed by atoms with van der Waals surface area (Å²) in [5, 5.41) is 25.5. The molecule has 0 aliphatic carbocycles. The van der Waals surface area contributed by atoms with Crippen LogP contribution < -0.4 is 10.6 Å². The standard InChI is InChI=1S/C12H21N5O3/c1-2-6-14-12-15-9-10(17(19)20)11(16-12)13-7-4-3-5-8-18/h9,18H,2-8H2,1H3,(H2,13,14,15,16). The van der Waals surface area contributed by atoms with Crippen LogP contribution in [0.1, 0.15) is 32.6 Å². The number of nitrogens with one attached hydrogen (secondary N) is 2. The fourth-order valence-electron chi connectivity index (χ4n) is 1.58. The molecule has 0 saturated heterocycles. The van der Waals surface area contributed by atoms with E-state index in [-0.39, 0.29) is 18.1 Å². The summed E-state index contributed by atoms with van der Waals surface area (Å²) in [6.07, 6.45) is 4.55. The van der Waals surface area contributed by atoms with Crippen LogP contribution in [0.2, 0.25) is 0 Å². The zero-order valence-electron chi connectivity index (χ0n) is 11.6. The zero-order valence-corrected chi connectivity index (χ0v) is 11.6. The van der Waals surface area contributed by atoms with Crippen LogP contribution in [0.25, 0.3) is 0 Å². The second kappa shape index (κ2) is 9.03. The van der Waals surface area contributed by atoms with Gasteiger partial charge in [-0.15, -0.1) is 0 Å². The van der Waals surface area contributed by atoms with E-state index >= 15 is 0 Å². The molecule has 0 amide bonds. The molecule has 0 aliphatic heterocycles. The first-order chi connectivity index (χ1) is 9.69. The van der Waals surface area contributed by atoms with Crippen molar-refractivity contribution in [3.05, 3.63) is 16.3 Å². The van der Waals surface area contributed by atoms with Gasteiger partial charge in [0.25, 0.3) is 0 Å². The van der Waals surface area contributed by atoms with Crippen LogP contribution >= 0.6 is 0 Å². The van der Waals surface area contributed by atoms with Gasteiger partial charge in [0.15, 0.2) is 0 Å². The lowest BCUT2D eigenvalue weighted by molar-refractivity contribution is -0.384. The lowest BCUT2D eigenvalue weighted by Gasteiger charge is -2.08. The molecule has 0 radical (unpaired) electrons. The monoisotopic (exact) mass is 283 g/mol. The Kier molecular flexibility index (Phi) is 7.26. The smallest absolute Gasteiger partial charge is 0.329 e. The summed E-state index contributed by atoms with van der Waals surface area (Å²) >= 11 is 0. The van der Waals surface area contributed by atoms with Gasteiger partial charge in [-0.05, 0) is 25.7 Å². The molecule has 0 bridgehead atoms. The Labute approximate surface area is 117 Å². The van der Waals surface area contributed by atoms with E-state index in [1.165, 1.54) is 6.20 Å². The number of hydrogen-bond donors (Lipinski definition) is 3. The average molecular weight is 283 g/mol. The largest absolute Gasteiger partial charge is 0.396 e. The summed E-state index contributed by atoms with van der Waals surface area (Å²) in [5.74, 6) is 0.614. The minimum absolute atomic E-state index is 0.130. The number of nitro groups is 1. The molecular formula is C12H21N5O3. The van der Waals surface area contributed by atoms with Crippen LogP contribution in [0.3, 0.4) is 0 Å². The van der Waals surface area contributed by atoms with Gasteiger partial charge in [-0.25, -0.2) is 4.98 Å². The quantitative estimate of drug-likeness (QED) is 0.341. The number of hydrogen-bond acceptors (Lipinski definition) is 7. The first kappa shape index (κ1) is 16.1. The highest BCUT2D eigenvalue weighted by molar-refractivity contribution is 5.56. The van der Waals surface area contributed by atoms with E-state index < -0.39 is 4.92 Å². The summed E-state index contributed by atoms with van der Waals surface area (Å²) in [7, 11) is 0. The van der Waals surface area contributed by atoms with Gasteiger partial charge in [0.1, 0.15) is 6.20 Å². The predicted molar refractivity (Wildman–Crippen MR) is 76.9 cm³/mol. The molecule has 20 heavy (non-hydrogen) atoms. The molecule has 3 N–H and O–H groups in total. The highest BCUT2D eigenvalue weighted by Crippen LogP contribution is 2.21. The second-order valence-corrected chi connectivity index (χ2v) is 4.32. The number of unbranched alkanes of at least 4 members (excludes halogenated alkanes) is 2. The Morgan fingerprint density at radius 1 is 1.30 bits per heavy atom. The van der Waals surface area contributed by atoms with Gasteiger partial charge in [-0.1, -0.05) is 6.92 Å². The molecular weight excluding hydrogens is 262 g/mol. The molecule has 0 aromatic carbocycles. The molecule has 1 aromatic rings. The Hall–Kier alpha value is -1.96. The van der Waals surface area contributed by atoms with Gasteiger partial charge in [0.2, 0.25) is 11.8 Å². The molecule has 0 atom stereocenters. The number of nitrogens with zero attached hydrogens (tertiary/aromatic N) is 3. The fourth-order valence-corrected chi connectivity index (χ4v) is 1.58. The highest BCUT2D eigenvalue weighted by atomic mass is 16.6. The second-order valence-electron chi connectivity index (χ2n) is 4.32. The normalized spacial score (nSPS) is 10.3. The molecule has 0 unspecified atom stereocenters. The Bertz CT molecular complexity index is 428. The fraction of sp³-hybridized carbons (Fsp3) is 0.667. The lowest BCUT2D eigenvalue weighted by atomic mass is 10.2. The first-order valence-corrected chi connectivity index (χ1v) is 6.79. The third kappa shape index (κ3) is 5.35. The minimum Gasteiger partial charge on any atom is -0.396 e. The van der Waals surface area contributed by atoms with E-state index in [2.05, 4.69) is 20.6 Å². The van der Waals surface area contributed by atoms with E-state index in [4.69, 9.17) is 5.11 Å². The molecule has 1 heterocycles. The van der Waals surface area contributed by atoms with Gasteiger partial charge in [0.05, 0.1) is 4.92 Å². The van der Waals surface area contributed by atoms with Gasteiger partial charge < -0.3 is 15.7 Å². The summed E-state index contributed by atoms with van der Waals surface area (Å²) in [6.45, 7) is 3.47. The van der Waals surface area contributed by atoms with Crippen LogP contribution in [-0.2, 0) is 0 Å². The van der Waals surface area contributed by atoms with Crippen LogP contribution in [-0.4, -0.2) is 39.7 Å². The maximum Gasteiger partial charge on any atom is 0.329 e. The van der Waals surface area contributed by atoms with E-state index in [1.54, 1.807) is 0 Å². The molecule has 112 valence electrons. The molecule has 0 saturated carbocycles. The van der Waals surface area contributed by atoms with Crippen molar-refractivity contribution in [1.29, 1.82) is 0 Å². The molecule has 8 heteroatoms. The van der Waals surface area contributed by atoms with Crippen molar-refractivity contribution < 1.29 is 10.0 Å². The van der Waals surface area contributed by atoms with Gasteiger partial charge in [-0.2, -0.15) is 4.98 Å². The van der Waals surface area contributed by atoms with Crippen molar-refractivity contribution in [3.8, 4) is 0 Å². The van der Waals surface area contributed by atoms with Gasteiger partial charge >= 0.3 is 5.69 Å². The topological polar surface area (TPSA) is 113 Å². The summed E-state index contributed by atoms with van der Waals surface area (Å²) in [5.41, 5.74) is -0.130. The molecule has 0 aliphatic rings. The molecule has 0 spiro atoms. The summed E-state index contributed by atoms with van der Waals surface area (Å²) in [6, 6.07) is 0. The maximum absolute atomic E-state index is 10.9. The van der Waals surface area contributed by atoms with Crippen LogP contribution in [0, 0.1) is 10.1 Å². The SMILES string of the molecule is CCCNc1ncc([N+](=O)[O-])c(NCCCCCO)n1. The van der Waals surface area contributed by atoms with Crippen molar-refractivity contribution in [3.63, 3.8) is 0 Å². The molecule has 1 rings (SSSR count). The van der Waals surface area contributed by atoms with Gasteiger partial charge in [-0.3, -0.25) is 10.1 Å². The molecule has 1 aromatic heterocycles. The Balaban J connectivity index is 2.65. The van der Waals surface area contributed by atoms with E-state index in [1.807, 2.05) is 6.92 Å². The van der Waals surface area contributed by atoms with Crippen molar-refractivity contribution in [2.75, 3.05) is 30.3 Å². The predicted octanol–water partition coefficient (Wildman–Crippen LogP) is 1.78. The third-order valence-electron chi connectivity index (χ3n) is 2.63. The number of rotatable bonds is 10. The average Bonchev–Trinajstić information content (AvgIpc) is 2.44. The van der Waals surface area contributed by atoms with E-state index in [0.717, 1.165) is 25.7 Å². The Morgan fingerprint density at radius 2 is 2.10 bits per heavy atom.